The summed E-state index contributed by atoms with van der Waals surface area (Å²) in [6.45, 7) is 0. The first-order chi connectivity index (χ1) is 21.1. The van der Waals surface area contributed by atoms with Gasteiger partial charge in [-0.3, -0.25) is 19.2 Å². The number of nitrogen functional groups attached to an aromatic ring is 2. The summed E-state index contributed by atoms with van der Waals surface area (Å²) >= 11 is 0. The van der Waals surface area contributed by atoms with Crippen molar-refractivity contribution in [3.8, 4) is 34.1 Å². The van der Waals surface area contributed by atoms with Gasteiger partial charge in [0, 0.05) is 24.3 Å². The Labute approximate surface area is 251 Å². The smallest absolute Gasteiger partial charge is 0.266 e. The maximum atomic E-state index is 13.6. The van der Waals surface area contributed by atoms with Gasteiger partial charge in [0.25, 0.3) is 23.6 Å². The highest BCUT2D eigenvalue weighted by Crippen LogP contribution is 2.43. The van der Waals surface area contributed by atoms with Crippen LogP contribution in [0.15, 0.2) is 60.7 Å². The summed E-state index contributed by atoms with van der Waals surface area (Å²) in [5, 5.41) is 0. The van der Waals surface area contributed by atoms with Crippen LogP contribution in [0.1, 0.15) is 41.4 Å². The van der Waals surface area contributed by atoms with E-state index in [0.717, 1.165) is 9.80 Å². The lowest BCUT2D eigenvalue weighted by molar-refractivity contribution is 0.0909. The molecule has 0 saturated carbocycles. The summed E-state index contributed by atoms with van der Waals surface area (Å²) in [5.41, 5.74) is 14.7. The van der Waals surface area contributed by atoms with Crippen LogP contribution in [0.4, 0.5) is 22.7 Å². The van der Waals surface area contributed by atoms with Crippen molar-refractivity contribution in [2.75, 3.05) is 49.7 Å². The second-order valence-corrected chi connectivity index (χ2v) is 9.94. The molecule has 2 aliphatic heterocycles. The Morgan fingerprint density at radius 1 is 0.455 bits per heavy atom. The van der Waals surface area contributed by atoms with Gasteiger partial charge in [0.2, 0.25) is 0 Å². The second-order valence-electron chi connectivity index (χ2n) is 9.94. The third kappa shape index (κ3) is 4.07. The van der Waals surface area contributed by atoms with E-state index in [2.05, 4.69) is 0 Å². The van der Waals surface area contributed by atoms with E-state index >= 15 is 0 Å². The Morgan fingerprint density at radius 3 is 1.14 bits per heavy atom. The Morgan fingerprint density at radius 2 is 0.795 bits per heavy atom. The molecule has 2 heterocycles. The molecule has 4 amide bonds. The molecular formula is C32H26N4O8. The van der Waals surface area contributed by atoms with Crippen molar-refractivity contribution in [3.63, 3.8) is 0 Å². The molecule has 2 aliphatic rings. The normalized spacial score (nSPS) is 13.7. The molecule has 4 aromatic rings. The fraction of sp³-hybridized carbons (Fsp3) is 0.125. The first-order valence-corrected chi connectivity index (χ1v) is 13.2. The average molecular weight is 595 g/mol. The first-order valence-electron chi connectivity index (χ1n) is 13.2. The first kappa shape index (κ1) is 28.1. The quantitative estimate of drug-likeness (QED) is 0.235. The summed E-state index contributed by atoms with van der Waals surface area (Å²) in [4.78, 5) is 56.0. The standard InChI is InChI=1S/C32H26N4O8/c1-41-25-13-23(27(43-3)11-21(25)33)35-29(37)17-7-5-15(9-19(17)31(35)39)16-6-8-18-20(10-16)32(40)36(30(18)38)24-14-26(42-2)22(34)12-28(24)44-4/h5-14H,33-34H2,1-4H3. The monoisotopic (exact) mass is 594 g/mol. The highest BCUT2D eigenvalue weighted by Gasteiger charge is 2.40. The Balaban J connectivity index is 1.37. The largest absolute Gasteiger partial charge is 0.495 e. The number of benzene rings is 4. The summed E-state index contributed by atoms with van der Waals surface area (Å²) in [6.07, 6.45) is 0. The number of rotatable bonds is 7. The van der Waals surface area contributed by atoms with Crippen molar-refractivity contribution in [3.05, 3.63) is 82.9 Å². The van der Waals surface area contributed by atoms with Gasteiger partial charge in [-0.2, -0.15) is 0 Å². The SMILES string of the molecule is COc1cc(N2C(=O)c3ccc(-c4ccc5c(c4)C(=O)N(c4cc(OC)c(N)cc4OC)C5=O)cc3C2=O)c(OC)cc1N. The Kier molecular flexibility index (Phi) is 6.61. The number of hydrogen-bond acceptors (Lipinski definition) is 10. The van der Waals surface area contributed by atoms with Crippen LogP contribution in [0.5, 0.6) is 23.0 Å². The van der Waals surface area contributed by atoms with E-state index in [1.165, 1.54) is 52.7 Å². The molecule has 0 unspecified atom stereocenters. The third-order valence-corrected chi connectivity index (χ3v) is 7.65. The van der Waals surface area contributed by atoms with Gasteiger partial charge in [-0.1, -0.05) is 12.1 Å². The minimum atomic E-state index is -0.569. The Bertz CT molecular complexity index is 1800. The van der Waals surface area contributed by atoms with Crippen LogP contribution in [0.25, 0.3) is 11.1 Å². The topological polar surface area (TPSA) is 164 Å². The van der Waals surface area contributed by atoms with Crippen molar-refractivity contribution < 1.29 is 38.1 Å². The van der Waals surface area contributed by atoms with E-state index in [1.54, 1.807) is 36.4 Å². The van der Waals surface area contributed by atoms with Gasteiger partial charge in [-0.05, 0) is 35.4 Å². The molecule has 44 heavy (non-hydrogen) atoms. The number of carbonyl (C=O) groups is 4. The van der Waals surface area contributed by atoms with Gasteiger partial charge in [-0.25, -0.2) is 9.80 Å². The second kappa shape index (κ2) is 10.3. The maximum Gasteiger partial charge on any atom is 0.266 e. The van der Waals surface area contributed by atoms with Crippen LogP contribution in [0, 0.1) is 0 Å². The number of ether oxygens (including phenoxy) is 4. The van der Waals surface area contributed by atoms with E-state index in [0.29, 0.717) is 11.1 Å². The van der Waals surface area contributed by atoms with Crippen LogP contribution in [0.3, 0.4) is 0 Å². The number of nitrogens with zero attached hydrogens (tertiary/aromatic N) is 2. The highest BCUT2D eigenvalue weighted by molar-refractivity contribution is 6.36. The molecule has 4 N–H and O–H groups in total. The molecule has 0 atom stereocenters. The number of anilines is 4. The summed E-state index contributed by atoms with van der Waals surface area (Å²) in [7, 11) is 5.66. The van der Waals surface area contributed by atoms with Gasteiger partial charge in [0.05, 0.1) is 73.4 Å². The molecule has 0 aromatic heterocycles. The fourth-order valence-corrected chi connectivity index (χ4v) is 5.44. The summed E-state index contributed by atoms with van der Waals surface area (Å²) < 4.78 is 21.4. The van der Waals surface area contributed by atoms with Gasteiger partial charge in [0.15, 0.2) is 0 Å². The van der Waals surface area contributed by atoms with Gasteiger partial charge >= 0.3 is 0 Å². The van der Waals surface area contributed by atoms with Crippen LogP contribution < -0.4 is 40.2 Å². The number of methoxy groups -OCH3 is 4. The van der Waals surface area contributed by atoms with Crippen molar-refractivity contribution >= 4 is 46.4 Å². The fourth-order valence-electron chi connectivity index (χ4n) is 5.44. The van der Waals surface area contributed by atoms with Gasteiger partial charge in [-0.15, -0.1) is 0 Å². The lowest BCUT2D eigenvalue weighted by Gasteiger charge is -2.19. The van der Waals surface area contributed by atoms with Crippen LogP contribution in [-0.2, 0) is 0 Å². The van der Waals surface area contributed by atoms with Crippen molar-refractivity contribution in [1.29, 1.82) is 0 Å². The molecule has 12 heteroatoms. The zero-order valence-corrected chi connectivity index (χ0v) is 24.1. The predicted octanol–water partition coefficient (Wildman–Crippen LogP) is 4.15. The molecule has 0 radical (unpaired) electrons. The number of hydrogen-bond donors (Lipinski definition) is 2. The number of carbonyl (C=O) groups excluding carboxylic acids is 4. The summed E-state index contributed by atoms with van der Waals surface area (Å²) in [5.74, 6) is -1.22. The molecule has 0 spiro atoms. The van der Waals surface area contributed by atoms with E-state index in [1.807, 2.05) is 0 Å². The lowest BCUT2D eigenvalue weighted by Crippen LogP contribution is -2.29. The van der Waals surface area contributed by atoms with Crippen molar-refractivity contribution in [1.82, 2.24) is 0 Å². The number of amides is 4. The highest BCUT2D eigenvalue weighted by atomic mass is 16.5. The molecule has 0 saturated heterocycles. The number of fused-ring (bicyclic) bond motifs is 2. The van der Waals surface area contributed by atoms with Crippen LogP contribution in [0.2, 0.25) is 0 Å². The van der Waals surface area contributed by atoms with Crippen molar-refractivity contribution in [2.24, 2.45) is 0 Å². The zero-order chi connectivity index (χ0) is 31.4. The third-order valence-electron chi connectivity index (χ3n) is 7.65. The molecule has 6 rings (SSSR count). The van der Waals surface area contributed by atoms with E-state index in [9.17, 15) is 19.2 Å². The van der Waals surface area contributed by atoms with E-state index < -0.39 is 23.6 Å². The number of imide groups is 2. The molecule has 4 aromatic carbocycles. The zero-order valence-electron chi connectivity index (χ0n) is 24.1. The minimum absolute atomic E-state index is 0.161. The minimum Gasteiger partial charge on any atom is -0.495 e. The molecular weight excluding hydrogens is 568 g/mol. The Hall–Kier alpha value is -6.04. The van der Waals surface area contributed by atoms with Crippen LogP contribution in [-0.4, -0.2) is 52.1 Å². The molecule has 12 nitrogen and oxygen atoms in total. The molecule has 0 bridgehead atoms. The average Bonchev–Trinajstić information content (AvgIpc) is 3.43. The lowest BCUT2D eigenvalue weighted by atomic mass is 9.97. The molecule has 222 valence electrons. The van der Waals surface area contributed by atoms with Gasteiger partial charge in [0.1, 0.15) is 23.0 Å². The van der Waals surface area contributed by atoms with Crippen molar-refractivity contribution in [2.45, 2.75) is 0 Å². The summed E-state index contributed by atoms with van der Waals surface area (Å²) in [6, 6.07) is 15.5. The number of nitrogens with two attached hydrogens (primary N) is 2. The van der Waals surface area contributed by atoms with E-state index in [4.69, 9.17) is 30.4 Å². The predicted molar refractivity (Wildman–Crippen MR) is 162 cm³/mol. The van der Waals surface area contributed by atoms with E-state index in [-0.39, 0.29) is 68.0 Å². The molecule has 0 fully saturated rings. The van der Waals surface area contributed by atoms with Gasteiger partial charge < -0.3 is 30.4 Å². The molecule has 0 aliphatic carbocycles. The van der Waals surface area contributed by atoms with Crippen LogP contribution >= 0.6 is 0 Å². The maximum absolute atomic E-state index is 13.6.